The highest BCUT2D eigenvalue weighted by molar-refractivity contribution is 5.91. The van der Waals surface area contributed by atoms with Crippen LogP contribution in [0.5, 0.6) is 11.5 Å². The van der Waals surface area contributed by atoms with E-state index in [9.17, 15) is 26.7 Å². The largest absolute Gasteiger partial charge is 0.493 e. The number of rotatable bonds is 7. The van der Waals surface area contributed by atoms with Crippen LogP contribution in [0.2, 0.25) is 0 Å². The zero-order chi connectivity index (χ0) is 23.4. The van der Waals surface area contributed by atoms with E-state index in [-0.39, 0.29) is 5.75 Å². The minimum absolute atomic E-state index is 0.129. The Balaban J connectivity index is 1.72. The maximum Gasteiger partial charge on any atom is 0.349 e. The second-order valence-electron chi connectivity index (χ2n) is 7.21. The summed E-state index contributed by atoms with van der Waals surface area (Å²) in [7, 11) is 0. The van der Waals surface area contributed by atoms with Gasteiger partial charge in [0.2, 0.25) is 5.82 Å². The molecule has 32 heavy (non-hydrogen) atoms. The summed E-state index contributed by atoms with van der Waals surface area (Å²) in [5, 5.41) is 0. The van der Waals surface area contributed by atoms with Crippen molar-refractivity contribution in [3.63, 3.8) is 0 Å². The lowest BCUT2D eigenvalue weighted by Gasteiger charge is -2.11. The van der Waals surface area contributed by atoms with Gasteiger partial charge >= 0.3 is 5.97 Å². The molecule has 0 amide bonds. The third-order valence-corrected chi connectivity index (χ3v) is 4.90. The van der Waals surface area contributed by atoms with Crippen LogP contribution in [0.1, 0.15) is 30.6 Å². The minimum Gasteiger partial charge on any atom is -0.493 e. The van der Waals surface area contributed by atoms with E-state index in [1.54, 1.807) is 12.1 Å². The third-order valence-electron chi connectivity index (χ3n) is 4.90. The molecule has 0 fully saturated rings. The van der Waals surface area contributed by atoms with Gasteiger partial charge in [0.05, 0.1) is 6.61 Å². The molecular formula is C24H19F5O3. The first-order valence-corrected chi connectivity index (χ1v) is 9.79. The third kappa shape index (κ3) is 4.90. The first kappa shape index (κ1) is 23.2. The predicted octanol–water partition coefficient (Wildman–Crippen LogP) is 6.69. The summed E-state index contributed by atoms with van der Waals surface area (Å²) in [5.74, 6) is -12.0. The van der Waals surface area contributed by atoms with Crippen molar-refractivity contribution in [1.82, 2.24) is 0 Å². The summed E-state index contributed by atoms with van der Waals surface area (Å²) in [6.07, 6.45) is 1.01. The Labute approximate surface area is 181 Å². The summed E-state index contributed by atoms with van der Waals surface area (Å²) >= 11 is 0. The molecule has 8 heteroatoms. The smallest absolute Gasteiger partial charge is 0.349 e. The molecule has 0 N–H and O–H groups in total. The van der Waals surface area contributed by atoms with Crippen LogP contribution < -0.4 is 9.47 Å². The molecule has 0 heterocycles. The van der Waals surface area contributed by atoms with Crippen LogP contribution in [0.4, 0.5) is 22.0 Å². The molecule has 0 bridgehead atoms. The number of benzene rings is 3. The van der Waals surface area contributed by atoms with Crippen molar-refractivity contribution in [2.45, 2.75) is 20.3 Å². The summed E-state index contributed by atoms with van der Waals surface area (Å²) in [4.78, 5) is 12.0. The van der Waals surface area contributed by atoms with E-state index < -0.39 is 40.6 Å². The van der Waals surface area contributed by atoms with Crippen molar-refractivity contribution in [2.24, 2.45) is 5.92 Å². The highest BCUT2D eigenvalue weighted by atomic mass is 19.2. The first-order chi connectivity index (χ1) is 15.2. The lowest BCUT2D eigenvalue weighted by Crippen LogP contribution is -2.17. The Hall–Kier alpha value is -3.42. The zero-order valence-electron chi connectivity index (χ0n) is 17.2. The van der Waals surface area contributed by atoms with Gasteiger partial charge in [-0.05, 0) is 41.3 Å². The topological polar surface area (TPSA) is 35.5 Å². The van der Waals surface area contributed by atoms with Crippen molar-refractivity contribution in [3.05, 3.63) is 83.2 Å². The highest BCUT2D eigenvalue weighted by Crippen LogP contribution is 2.27. The van der Waals surface area contributed by atoms with E-state index in [0.717, 1.165) is 23.3 Å². The maximum atomic E-state index is 13.8. The van der Waals surface area contributed by atoms with Gasteiger partial charge in [0, 0.05) is 0 Å². The van der Waals surface area contributed by atoms with Crippen LogP contribution in [-0.2, 0) is 0 Å². The van der Waals surface area contributed by atoms with E-state index in [1.165, 1.54) is 12.1 Å². The summed E-state index contributed by atoms with van der Waals surface area (Å²) in [5.41, 5.74) is -0.0773. The van der Waals surface area contributed by atoms with Crippen molar-refractivity contribution in [1.29, 1.82) is 0 Å². The van der Waals surface area contributed by atoms with Gasteiger partial charge in [0.25, 0.3) is 0 Å². The molecule has 168 valence electrons. The molecule has 0 spiro atoms. The van der Waals surface area contributed by atoms with Crippen LogP contribution >= 0.6 is 0 Å². The van der Waals surface area contributed by atoms with Crippen LogP contribution in [0.15, 0.2) is 48.5 Å². The molecule has 0 radical (unpaired) electrons. The van der Waals surface area contributed by atoms with Crippen LogP contribution in [0.25, 0.3) is 11.1 Å². The Bertz CT molecular complexity index is 1080. The normalized spacial score (nSPS) is 11.8. The Kier molecular flexibility index (Phi) is 7.12. The molecule has 1 atom stereocenters. The number of halogens is 5. The van der Waals surface area contributed by atoms with E-state index in [2.05, 4.69) is 13.8 Å². The average Bonchev–Trinajstić information content (AvgIpc) is 2.81. The summed E-state index contributed by atoms with van der Waals surface area (Å²) in [6, 6.07) is 13.1. The zero-order valence-corrected chi connectivity index (χ0v) is 17.2. The SMILES string of the molecule is CC[C@H](C)COc1ccc(-c2ccc(OC(=O)c3c(F)c(F)c(F)c(F)c3F)cc2)cc1. The summed E-state index contributed by atoms with van der Waals surface area (Å²) < 4.78 is 77.7. The van der Waals surface area contributed by atoms with Gasteiger partial charge in [-0.15, -0.1) is 0 Å². The van der Waals surface area contributed by atoms with Gasteiger partial charge in [-0.1, -0.05) is 44.5 Å². The molecule has 0 unspecified atom stereocenters. The van der Waals surface area contributed by atoms with Crippen molar-refractivity contribution >= 4 is 5.97 Å². The Morgan fingerprint density at radius 3 is 1.66 bits per heavy atom. The number of hydrogen-bond donors (Lipinski definition) is 0. The number of ether oxygens (including phenoxy) is 2. The molecule has 0 aromatic heterocycles. The predicted molar refractivity (Wildman–Crippen MR) is 108 cm³/mol. The number of esters is 1. The van der Waals surface area contributed by atoms with E-state index in [1.807, 2.05) is 24.3 Å². The molecule has 0 aliphatic heterocycles. The van der Waals surface area contributed by atoms with Gasteiger partial charge < -0.3 is 9.47 Å². The van der Waals surface area contributed by atoms with Gasteiger partial charge in [-0.2, -0.15) is 0 Å². The molecular weight excluding hydrogens is 431 g/mol. The maximum absolute atomic E-state index is 13.8. The monoisotopic (exact) mass is 450 g/mol. The van der Waals surface area contributed by atoms with Crippen LogP contribution in [0.3, 0.4) is 0 Å². The molecule has 3 aromatic rings. The molecule has 0 aliphatic carbocycles. The molecule has 0 saturated heterocycles. The fourth-order valence-electron chi connectivity index (χ4n) is 2.76. The molecule has 0 aliphatic rings. The van der Waals surface area contributed by atoms with Crippen molar-refractivity contribution < 1.29 is 36.2 Å². The summed E-state index contributed by atoms with van der Waals surface area (Å²) in [6.45, 7) is 4.79. The lowest BCUT2D eigenvalue weighted by atomic mass is 10.1. The highest BCUT2D eigenvalue weighted by Gasteiger charge is 2.31. The standard InChI is InChI=1S/C24H19F5O3/c1-3-13(2)12-31-16-8-4-14(5-9-16)15-6-10-17(11-7-15)32-24(30)18-19(25)21(27)23(29)22(28)20(18)26/h4-11,13H,3,12H2,1-2H3/t13-/m0/s1. The van der Waals surface area contributed by atoms with Gasteiger partial charge in [-0.25, -0.2) is 26.7 Å². The Morgan fingerprint density at radius 2 is 1.19 bits per heavy atom. The fraction of sp³-hybridized carbons (Fsp3) is 0.208. The van der Waals surface area contributed by atoms with Crippen molar-refractivity contribution in [3.8, 4) is 22.6 Å². The Morgan fingerprint density at radius 1 is 0.750 bits per heavy atom. The van der Waals surface area contributed by atoms with E-state index in [0.29, 0.717) is 12.5 Å². The average molecular weight is 450 g/mol. The van der Waals surface area contributed by atoms with E-state index >= 15 is 0 Å². The molecule has 0 saturated carbocycles. The lowest BCUT2D eigenvalue weighted by molar-refractivity contribution is 0.0721. The second kappa shape index (κ2) is 9.80. The fourth-order valence-corrected chi connectivity index (χ4v) is 2.76. The van der Waals surface area contributed by atoms with Gasteiger partial charge in [0.15, 0.2) is 23.3 Å². The van der Waals surface area contributed by atoms with Crippen LogP contribution in [0, 0.1) is 35.0 Å². The number of hydrogen-bond acceptors (Lipinski definition) is 3. The molecule has 3 nitrogen and oxygen atoms in total. The second-order valence-corrected chi connectivity index (χ2v) is 7.21. The molecule has 3 rings (SSSR count). The van der Waals surface area contributed by atoms with Gasteiger partial charge in [-0.3, -0.25) is 0 Å². The van der Waals surface area contributed by atoms with E-state index in [4.69, 9.17) is 9.47 Å². The first-order valence-electron chi connectivity index (χ1n) is 9.79. The molecule has 3 aromatic carbocycles. The van der Waals surface area contributed by atoms with Crippen LogP contribution in [-0.4, -0.2) is 12.6 Å². The van der Waals surface area contributed by atoms with Crippen molar-refractivity contribution in [2.75, 3.05) is 6.61 Å². The minimum atomic E-state index is -2.35. The quantitative estimate of drug-likeness (QED) is 0.132. The number of carbonyl (C=O) groups excluding carboxylic acids is 1. The van der Waals surface area contributed by atoms with Gasteiger partial charge in [0.1, 0.15) is 17.1 Å². The number of carbonyl (C=O) groups is 1.